The number of hydrogen-bond acceptors (Lipinski definition) is 6. The van der Waals surface area contributed by atoms with E-state index in [0.717, 1.165) is 12.1 Å². The van der Waals surface area contributed by atoms with Crippen LogP contribution in [0.5, 0.6) is 0 Å². The van der Waals surface area contributed by atoms with Crippen molar-refractivity contribution in [1.82, 2.24) is 0 Å². The molecule has 1 atom stereocenters. The van der Waals surface area contributed by atoms with Crippen LogP contribution >= 0.6 is 0 Å². The minimum atomic E-state index is -2.19. The summed E-state index contributed by atoms with van der Waals surface area (Å²) in [7, 11) is 0. The van der Waals surface area contributed by atoms with Gasteiger partial charge in [0.1, 0.15) is 5.92 Å². The van der Waals surface area contributed by atoms with Gasteiger partial charge < -0.3 is 4.55 Å². The maximum atomic E-state index is 12.4. The van der Waals surface area contributed by atoms with Crippen LogP contribution in [0.2, 0.25) is 0 Å². The molecule has 1 aromatic carbocycles. The molecule has 1 aliphatic rings. The fourth-order valence-corrected chi connectivity index (χ4v) is 2.99. The molecule has 1 aromatic rings. The van der Waals surface area contributed by atoms with Gasteiger partial charge in [0.15, 0.2) is 28.4 Å². The highest BCUT2D eigenvalue weighted by molar-refractivity contribution is 7.78. The SMILES string of the molecule is O=C1CCCC(=O)C1C(=O)c1ccc(CS(=O)O)cc1[N+](=O)[O-]. The number of nitrogens with zero attached hydrogens (tertiary/aromatic N) is 1. The predicted molar refractivity (Wildman–Crippen MR) is 79.3 cm³/mol. The van der Waals surface area contributed by atoms with Crippen molar-refractivity contribution in [2.75, 3.05) is 0 Å². The molecule has 0 spiro atoms. The zero-order valence-corrected chi connectivity index (χ0v) is 12.7. The molecule has 1 aliphatic carbocycles. The first-order chi connectivity index (χ1) is 10.8. The van der Waals surface area contributed by atoms with E-state index in [2.05, 4.69) is 0 Å². The molecule has 0 saturated heterocycles. The molecule has 122 valence electrons. The number of nitro groups is 1. The lowest BCUT2D eigenvalue weighted by molar-refractivity contribution is -0.385. The highest BCUT2D eigenvalue weighted by Crippen LogP contribution is 2.27. The van der Waals surface area contributed by atoms with E-state index in [4.69, 9.17) is 4.55 Å². The summed E-state index contributed by atoms with van der Waals surface area (Å²) in [6, 6.07) is 3.43. The molecular formula is C14H13NO7S. The Morgan fingerprint density at radius 2 is 1.91 bits per heavy atom. The maximum Gasteiger partial charge on any atom is 0.280 e. The van der Waals surface area contributed by atoms with Gasteiger partial charge in [-0.05, 0) is 18.1 Å². The van der Waals surface area contributed by atoms with Crippen molar-refractivity contribution in [2.24, 2.45) is 5.92 Å². The Bertz CT molecular complexity index is 712. The monoisotopic (exact) mass is 339 g/mol. The van der Waals surface area contributed by atoms with E-state index in [-0.39, 0.29) is 29.7 Å². The second kappa shape index (κ2) is 6.88. The van der Waals surface area contributed by atoms with E-state index in [9.17, 15) is 28.7 Å². The summed E-state index contributed by atoms with van der Waals surface area (Å²) in [4.78, 5) is 46.4. The summed E-state index contributed by atoms with van der Waals surface area (Å²) in [6.07, 6.45) is 0.569. The number of carbonyl (C=O) groups excluding carboxylic acids is 3. The Morgan fingerprint density at radius 1 is 1.30 bits per heavy atom. The van der Waals surface area contributed by atoms with E-state index in [1.807, 2.05) is 0 Å². The average molecular weight is 339 g/mol. The number of ketones is 3. The Balaban J connectivity index is 2.43. The lowest BCUT2D eigenvalue weighted by atomic mass is 9.81. The molecule has 2 rings (SSSR count). The summed E-state index contributed by atoms with van der Waals surface area (Å²) in [5.74, 6) is -3.75. The van der Waals surface area contributed by atoms with Crippen LogP contribution in [0, 0.1) is 16.0 Å². The van der Waals surface area contributed by atoms with Crippen molar-refractivity contribution in [3.05, 3.63) is 39.4 Å². The molecule has 0 aliphatic heterocycles. The van der Waals surface area contributed by atoms with E-state index in [0.29, 0.717) is 6.42 Å². The zero-order valence-electron chi connectivity index (χ0n) is 11.9. The molecule has 23 heavy (non-hydrogen) atoms. The summed E-state index contributed by atoms with van der Waals surface area (Å²) in [6.45, 7) is 0. The van der Waals surface area contributed by atoms with Crippen LogP contribution in [0.15, 0.2) is 18.2 Å². The molecule has 1 saturated carbocycles. The third kappa shape index (κ3) is 3.74. The largest absolute Gasteiger partial charge is 0.306 e. The summed E-state index contributed by atoms with van der Waals surface area (Å²) < 4.78 is 19.6. The average Bonchev–Trinajstić information content (AvgIpc) is 2.46. The molecule has 0 aromatic heterocycles. The highest BCUT2D eigenvalue weighted by atomic mass is 32.2. The Kier molecular flexibility index (Phi) is 5.12. The van der Waals surface area contributed by atoms with Crippen molar-refractivity contribution in [3.63, 3.8) is 0 Å². The van der Waals surface area contributed by atoms with Gasteiger partial charge in [-0.25, -0.2) is 4.21 Å². The number of carbonyl (C=O) groups is 3. The van der Waals surface area contributed by atoms with Crippen LogP contribution in [-0.4, -0.2) is 31.0 Å². The van der Waals surface area contributed by atoms with Gasteiger partial charge in [0, 0.05) is 18.9 Å². The summed E-state index contributed by atoms with van der Waals surface area (Å²) in [5, 5.41) is 11.2. The van der Waals surface area contributed by atoms with E-state index in [1.54, 1.807) is 0 Å². The maximum absolute atomic E-state index is 12.4. The van der Waals surface area contributed by atoms with E-state index < -0.39 is 45.0 Å². The number of hydrogen-bond donors (Lipinski definition) is 1. The highest BCUT2D eigenvalue weighted by Gasteiger charge is 2.38. The van der Waals surface area contributed by atoms with Crippen molar-refractivity contribution in [3.8, 4) is 0 Å². The first-order valence-corrected chi connectivity index (χ1v) is 8.03. The van der Waals surface area contributed by atoms with Crippen LogP contribution in [0.25, 0.3) is 0 Å². The number of nitro benzene ring substituents is 1. The van der Waals surface area contributed by atoms with Gasteiger partial charge in [0.2, 0.25) is 0 Å². The van der Waals surface area contributed by atoms with Crippen molar-refractivity contribution in [2.45, 2.75) is 25.0 Å². The molecule has 1 N–H and O–H groups in total. The van der Waals surface area contributed by atoms with Crippen LogP contribution in [0.4, 0.5) is 5.69 Å². The Labute approximate surface area is 133 Å². The minimum absolute atomic E-state index is 0.0948. The fourth-order valence-electron chi connectivity index (χ4n) is 2.52. The van der Waals surface area contributed by atoms with Gasteiger partial charge in [-0.2, -0.15) is 0 Å². The molecule has 0 bridgehead atoms. The smallest absolute Gasteiger partial charge is 0.280 e. The third-order valence-electron chi connectivity index (χ3n) is 3.57. The lowest BCUT2D eigenvalue weighted by Crippen LogP contribution is -2.35. The molecule has 1 fully saturated rings. The van der Waals surface area contributed by atoms with Crippen molar-refractivity contribution in [1.29, 1.82) is 0 Å². The van der Waals surface area contributed by atoms with Crippen LogP contribution in [-0.2, 0) is 26.4 Å². The van der Waals surface area contributed by atoms with Gasteiger partial charge >= 0.3 is 0 Å². The Hall–Kier alpha value is -2.26. The summed E-state index contributed by atoms with van der Waals surface area (Å²) in [5.41, 5.74) is -0.712. The van der Waals surface area contributed by atoms with Gasteiger partial charge in [-0.3, -0.25) is 24.5 Å². The molecule has 8 nitrogen and oxygen atoms in total. The predicted octanol–water partition coefficient (Wildman–Crippen LogP) is 1.44. The molecule has 0 amide bonds. The van der Waals surface area contributed by atoms with E-state index in [1.165, 1.54) is 6.07 Å². The zero-order chi connectivity index (χ0) is 17.1. The second-order valence-electron chi connectivity index (χ2n) is 5.16. The standard InChI is InChI=1S/C14H13NO7S/c16-11-2-1-3-12(17)13(11)14(18)9-5-4-8(7-23(21)22)6-10(9)15(19)20/h4-6,13H,1-3,7H2,(H,21,22). The topological polar surface area (TPSA) is 132 Å². The Morgan fingerprint density at radius 3 is 2.43 bits per heavy atom. The quantitative estimate of drug-likeness (QED) is 0.282. The van der Waals surface area contributed by atoms with Gasteiger partial charge in [0.05, 0.1) is 16.2 Å². The summed E-state index contributed by atoms with van der Waals surface area (Å²) >= 11 is -2.19. The first kappa shape index (κ1) is 17.1. The van der Waals surface area contributed by atoms with Crippen molar-refractivity contribution < 1.29 is 28.1 Å². The molecule has 0 radical (unpaired) electrons. The number of rotatable bonds is 5. The molecule has 0 heterocycles. The van der Waals surface area contributed by atoms with Crippen LogP contribution in [0.3, 0.4) is 0 Å². The third-order valence-corrected chi connectivity index (χ3v) is 4.15. The number of benzene rings is 1. The fraction of sp³-hybridized carbons (Fsp3) is 0.357. The van der Waals surface area contributed by atoms with Gasteiger partial charge in [0.25, 0.3) is 5.69 Å². The van der Waals surface area contributed by atoms with E-state index >= 15 is 0 Å². The van der Waals surface area contributed by atoms with Crippen LogP contribution < -0.4 is 0 Å². The van der Waals surface area contributed by atoms with Gasteiger partial charge in [-0.1, -0.05) is 6.07 Å². The molecule has 1 unspecified atom stereocenters. The molecule has 9 heteroatoms. The minimum Gasteiger partial charge on any atom is -0.306 e. The number of Topliss-reactive ketones (excluding diaryl/α,β-unsaturated/α-hetero) is 3. The molecular weight excluding hydrogens is 326 g/mol. The lowest BCUT2D eigenvalue weighted by Gasteiger charge is -2.18. The first-order valence-electron chi connectivity index (χ1n) is 6.75. The normalized spacial score (nSPS) is 17.1. The van der Waals surface area contributed by atoms with Crippen LogP contribution in [0.1, 0.15) is 35.2 Å². The van der Waals surface area contributed by atoms with Gasteiger partial charge in [-0.15, -0.1) is 0 Å². The second-order valence-corrected chi connectivity index (χ2v) is 6.09. The van der Waals surface area contributed by atoms with Crippen molar-refractivity contribution >= 4 is 34.1 Å².